The fourth-order valence-corrected chi connectivity index (χ4v) is 2.94. The van der Waals surface area contributed by atoms with E-state index in [0.29, 0.717) is 17.9 Å². The van der Waals surface area contributed by atoms with Gasteiger partial charge in [-0.15, -0.1) is 0 Å². The summed E-state index contributed by atoms with van der Waals surface area (Å²) in [6.07, 6.45) is 1.97. The molecule has 2 aromatic heterocycles. The second-order valence-corrected chi connectivity index (χ2v) is 5.70. The summed E-state index contributed by atoms with van der Waals surface area (Å²) in [6.45, 7) is 1.83. The Balaban J connectivity index is 1.78. The zero-order valence-corrected chi connectivity index (χ0v) is 12.5. The summed E-state index contributed by atoms with van der Waals surface area (Å²) in [5, 5.41) is 19.4. The number of carbonyl (C=O) groups is 1. The lowest BCUT2D eigenvalue weighted by atomic mass is 9.87. The largest absolute Gasteiger partial charge is 0.508 e. The fourth-order valence-electron chi connectivity index (χ4n) is 2.94. The van der Waals surface area contributed by atoms with Crippen LogP contribution in [-0.2, 0) is 4.79 Å². The van der Waals surface area contributed by atoms with Crippen LogP contribution in [0.5, 0.6) is 5.75 Å². The minimum absolute atomic E-state index is 0.0924. The van der Waals surface area contributed by atoms with E-state index in [2.05, 4.69) is 15.5 Å². The van der Waals surface area contributed by atoms with Crippen molar-refractivity contribution in [3.05, 3.63) is 53.4 Å². The maximum Gasteiger partial charge on any atom is 0.225 e. The Morgan fingerprint density at radius 3 is 2.96 bits per heavy atom. The minimum atomic E-state index is -0.172. The molecule has 1 aliphatic rings. The number of hydrogen-bond donors (Lipinski definition) is 3. The van der Waals surface area contributed by atoms with Gasteiger partial charge in [-0.3, -0.25) is 9.89 Å². The maximum absolute atomic E-state index is 12.0. The smallest absolute Gasteiger partial charge is 0.225 e. The Hall–Kier alpha value is -3.02. The van der Waals surface area contributed by atoms with Crippen LogP contribution in [0.25, 0.3) is 11.5 Å². The van der Waals surface area contributed by atoms with Gasteiger partial charge in [0.25, 0.3) is 0 Å². The molecule has 0 aliphatic carbocycles. The van der Waals surface area contributed by atoms with Gasteiger partial charge in [-0.1, -0.05) is 0 Å². The van der Waals surface area contributed by atoms with Crippen molar-refractivity contribution in [3.63, 3.8) is 0 Å². The number of aromatic nitrogens is 2. The van der Waals surface area contributed by atoms with Crippen LogP contribution >= 0.6 is 0 Å². The van der Waals surface area contributed by atoms with Crippen LogP contribution in [0.15, 0.2) is 40.9 Å². The highest BCUT2D eigenvalue weighted by Crippen LogP contribution is 2.41. The summed E-state index contributed by atoms with van der Waals surface area (Å²) in [6, 6.07) is 9.06. The molecule has 1 unspecified atom stereocenters. The van der Waals surface area contributed by atoms with Gasteiger partial charge in [0.15, 0.2) is 5.76 Å². The van der Waals surface area contributed by atoms with Gasteiger partial charge in [-0.05, 0) is 42.3 Å². The molecule has 23 heavy (non-hydrogen) atoms. The molecule has 1 aromatic carbocycles. The Kier molecular flexibility index (Phi) is 2.97. The van der Waals surface area contributed by atoms with Crippen molar-refractivity contribution < 1.29 is 14.3 Å². The number of rotatable bonds is 2. The monoisotopic (exact) mass is 309 g/mol. The first-order valence-electron chi connectivity index (χ1n) is 7.34. The van der Waals surface area contributed by atoms with Crippen LogP contribution in [0.4, 0.5) is 5.69 Å². The number of H-pyrrole nitrogens is 1. The number of anilines is 1. The second-order valence-electron chi connectivity index (χ2n) is 5.70. The normalized spacial score (nSPS) is 16.9. The lowest BCUT2D eigenvalue weighted by Crippen LogP contribution is -2.23. The Morgan fingerprint density at radius 1 is 1.30 bits per heavy atom. The second kappa shape index (κ2) is 5.01. The number of carbonyl (C=O) groups excluding carboxylic acids is 1. The minimum Gasteiger partial charge on any atom is -0.508 e. The molecule has 1 atom stereocenters. The first kappa shape index (κ1) is 13.6. The number of furan rings is 1. The quantitative estimate of drug-likeness (QED) is 0.678. The predicted octanol–water partition coefficient (Wildman–Crippen LogP) is 3.16. The molecule has 3 aromatic rings. The zero-order chi connectivity index (χ0) is 16.0. The molecule has 0 bridgehead atoms. The summed E-state index contributed by atoms with van der Waals surface area (Å²) >= 11 is 0. The average Bonchev–Trinajstić information content (AvgIpc) is 3.18. The van der Waals surface area contributed by atoms with Gasteiger partial charge >= 0.3 is 0 Å². The summed E-state index contributed by atoms with van der Waals surface area (Å²) in [5.41, 5.74) is 3.14. The molecule has 0 fully saturated rings. The summed E-state index contributed by atoms with van der Waals surface area (Å²) < 4.78 is 5.93. The van der Waals surface area contributed by atoms with Crippen molar-refractivity contribution in [1.29, 1.82) is 0 Å². The number of benzene rings is 1. The standard InChI is InChI=1S/C17H15N3O3/c1-9-6-10-11(7-17(22)19-13(10)8-14(9)21)15-2-3-16(23-15)12-4-5-18-20-12/h2-6,8,11,21H,7H2,1H3,(H,18,20)(H,19,22). The predicted molar refractivity (Wildman–Crippen MR) is 84.2 cm³/mol. The third-order valence-corrected chi connectivity index (χ3v) is 4.14. The molecule has 116 valence electrons. The van der Waals surface area contributed by atoms with Crippen molar-refractivity contribution >= 4 is 11.6 Å². The Morgan fingerprint density at radius 2 is 2.17 bits per heavy atom. The lowest BCUT2D eigenvalue weighted by molar-refractivity contribution is -0.116. The summed E-state index contributed by atoms with van der Waals surface area (Å²) in [4.78, 5) is 12.0. The number of hydrogen-bond acceptors (Lipinski definition) is 4. The van der Waals surface area contributed by atoms with Crippen LogP contribution in [0, 0.1) is 6.92 Å². The third kappa shape index (κ3) is 2.28. The van der Waals surface area contributed by atoms with Crippen molar-refractivity contribution in [1.82, 2.24) is 10.2 Å². The Labute approximate surface area is 132 Å². The number of amides is 1. The van der Waals surface area contributed by atoms with Crippen LogP contribution in [0.2, 0.25) is 0 Å². The summed E-state index contributed by atoms with van der Waals surface area (Å²) in [7, 11) is 0. The SMILES string of the molecule is Cc1cc2c(cc1O)NC(=O)CC2c1ccc(-c2ccn[nH]2)o1. The van der Waals surface area contributed by atoms with Crippen LogP contribution < -0.4 is 5.32 Å². The van der Waals surface area contributed by atoms with Crippen LogP contribution in [0.3, 0.4) is 0 Å². The van der Waals surface area contributed by atoms with Gasteiger partial charge in [-0.2, -0.15) is 5.10 Å². The first-order valence-corrected chi connectivity index (χ1v) is 7.34. The van der Waals surface area contributed by atoms with Gasteiger partial charge in [0.1, 0.15) is 17.2 Å². The van der Waals surface area contributed by atoms with Crippen LogP contribution in [-0.4, -0.2) is 21.2 Å². The zero-order valence-electron chi connectivity index (χ0n) is 12.5. The van der Waals surface area contributed by atoms with E-state index in [0.717, 1.165) is 22.6 Å². The van der Waals surface area contributed by atoms with Crippen molar-refractivity contribution in [2.24, 2.45) is 0 Å². The molecule has 3 heterocycles. The molecule has 1 amide bonds. The van der Waals surface area contributed by atoms with Gasteiger partial charge in [0, 0.05) is 24.4 Å². The number of fused-ring (bicyclic) bond motifs is 1. The lowest BCUT2D eigenvalue weighted by Gasteiger charge is -2.25. The van der Waals surface area contributed by atoms with Gasteiger partial charge < -0.3 is 14.8 Å². The molecular formula is C17H15N3O3. The molecule has 6 nitrogen and oxygen atoms in total. The molecule has 0 radical (unpaired) electrons. The number of aryl methyl sites for hydroxylation is 1. The number of phenolic OH excluding ortho intramolecular Hbond substituents is 1. The van der Waals surface area contributed by atoms with E-state index >= 15 is 0 Å². The number of aromatic amines is 1. The van der Waals surface area contributed by atoms with Gasteiger partial charge in [0.05, 0.1) is 5.92 Å². The number of phenols is 1. The molecule has 6 heteroatoms. The molecule has 4 rings (SSSR count). The topological polar surface area (TPSA) is 91.1 Å². The van der Waals surface area contributed by atoms with E-state index in [9.17, 15) is 9.90 Å². The van der Waals surface area contributed by atoms with Crippen molar-refractivity contribution in [2.75, 3.05) is 5.32 Å². The number of nitrogens with zero attached hydrogens (tertiary/aromatic N) is 1. The number of aromatic hydroxyl groups is 1. The molecule has 1 aliphatic heterocycles. The van der Waals surface area contributed by atoms with E-state index in [1.807, 2.05) is 31.2 Å². The Bertz CT molecular complexity index is 881. The molecule has 0 saturated heterocycles. The van der Waals surface area contributed by atoms with Gasteiger partial charge in [0.2, 0.25) is 5.91 Å². The van der Waals surface area contributed by atoms with Gasteiger partial charge in [-0.25, -0.2) is 0 Å². The third-order valence-electron chi connectivity index (χ3n) is 4.14. The molecule has 0 saturated carbocycles. The molecular weight excluding hydrogens is 294 g/mol. The highest BCUT2D eigenvalue weighted by Gasteiger charge is 2.29. The highest BCUT2D eigenvalue weighted by atomic mass is 16.3. The molecule has 0 spiro atoms. The average molecular weight is 309 g/mol. The van der Waals surface area contributed by atoms with Crippen LogP contribution in [0.1, 0.15) is 29.2 Å². The maximum atomic E-state index is 12.0. The van der Waals surface area contributed by atoms with Crippen molar-refractivity contribution in [2.45, 2.75) is 19.3 Å². The van der Waals surface area contributed by atoms with E-state index in [1.54, 1.807) is 12.3 Å². The van der Waals surface area contributed by atoms with E-state index in [4.69, 9.17) is 4.42 Å². The summed E-state index contributed by atoms with van der Waals surface area (Å²) in [5.74, 6) is 1.30. The fraction of sp³-hybridized carbons (Fsp3) is 0.176. The van der Waals surface area contributed by atoms with E-state index in [1.165, 1.54) is 0 Å². The first-order chi connectivity index (χ1) is 11.1. The van der Waals surface area contributed by atoms with E-state index in [-0.39, 0.29) is 17.6 Å². The van der Waals surface area contributed by atoms with Crippen molar-refractivity contribution in [3.8, 4) is 17.2 Å². The van der Waals surface area contributed by atoms with E-state index < -0.39 is 0 Å². The molecule has 3 N–H and O–H groups in total. The highest BCUT2D eigenvalue weighted by molar-refractivity contribution is 5.95. The number of nitrogens with one attached hydrogen (secondary N) is 2.